The predicted octanol–water partition coefficient (Wildman–Crippen LogP) is 1.61. The SMILES string of the molecule is CC(=O)N(CC(=O)N1CCN(C(=O)c2ccco2)CC1)Cc1ccccc1. The van der Waals surface area contributed by atoms with Crippen LogP contribution in [0.25, 0.3) is 0 Å². The number of nitrogens with zero attached hydrogens (tertiary/aromatic N) is 3. The van der Waals surface area contributed by atoms with E-state index in [1.54, 1.807) is 21.9 Å². The van der Waals surface area contributed by atoms with Gasteiger partial charge in [0.15, 0.2) is 5.76 Å². The Labute approximate surface area is 158 Å². The molecule has 1 saturated heterocycles. The number of hydrogen-bond donors (Lipinski definition) is 0. The summed E-state index contributed by atoms with van der Waals surface area (Å²) in [5.41, 5.74) is 0.981. The Bertz CT molecular complexity index is 781. The molecule has 0 unspecified atom stereocenters. The van der Waals surface area contributed by atoms with Gasteiger partial charge in [-0.05, 0) is 17.7 Å². The van der Waals surface area contributed by atoms with E-state index in [0.717, 1.165) is 5.56 Å². The van der Waals surface area contributed by atoms with E-state index in [9.17, 15) is 14.4 Å². The molecule has 0 N–H and O–H groups in total. The molecule has 2 aromatic rings. The summed E-state index contributed by atoms with van der Waals surface area (Å²) >= 11 is 0. The largest absolute Gasteiger partial charge is 0.459 e. The standard InChI is InChI=1S/C20H23N3O4/c1-16(24)23(14-17-6-3-2-4-7-17)15-19(25)21-9-11-22(12-10-21)20(26)18-8-5-13-27-18/h2-8,13H,9-12,14-15H2,1H3. The molecular formula is C20H23N3O4. The van der Waals surface area contributed by atoms with Crippen molar-refractivity contribution < 1.29 is 18.8 Å². The maximum Gasteiger partial charge on any atom is 0.289 e. The molecule has 7 nitrogen and oxygen atoms in total. The lowest BCUT2D eigenvalue weighted by atomic mass is 10.2. The summed E-state index contributed by atoms with van der Waals surface area (Å²) in [5.74, 6) is -0.105. The maximum absolute atomic E-state index is 12.6. The topological polar surface area (TPSA) is 74.1 Å². The molecule has 0 atom stereocenters. The van der Waals surface area contributed by atoms with Crippen LogP contribution in [0.3, 0.4) is 0 Å². The first-order valence-electron chi connectivity index (χ1n) is 8.94. The second-order valence-corrected chi connectivity index (χ2v) is 6.51. The van der Waals surface area contributed by atoms with Crippen molar-refractivity contribution in [2.45, 2.75) is 13.5 Å². The normalized spacial score (nSPS) is 14.1. The average Bonchev–Trinajstić information content (AvgIpc) is 3.22. The summed E-state index contributed by atoms with van der Waals surface area (Å²) in [6.07, 6.45) is 1.47. The first-order valence-corrected chi connectivity index (χ1v) is 8.94. The lowest BCUT2D eigenvalue weighted by Crippen LogP contribution is -2.52. The summed E-state index contributed by atoms with van der Waals surface area (Å²) in [6.45, 7) is 3.70. The highest BCUT2D eigenvalue weighted by Crippen LogP contribution is 2.11. The number of carbonyl (C=O) groups excluding carboxylic acids is 3. The number of furan rings is 1. The summed E-state index contributed by atoms with van der Waals surface area (Å²) in [6, 6.07) is 12.9. The molecule has 7 heteroatoms. The molecule has 1 aromatic carbocycles. The van der Waals surface area contributed by atoms with E-state index < -0.39 is 0 Å². The van der Waals surface area contributed by atoms with Gasteiger partial charge in [0.1, 0.15) is 6.54 Å². The number of benzene rings is 1. The minimum Gasteiger partial charge on any atom is -0.459 e. The Kier molecular flexibility index (Phi) is 5.90. The zero-order valence-electron chi connectivity index (χ0n) is 15.3. The van der Waals surface area contributed by atoms with Gasteiger partial charge in [-0.3, -0.25) is 14.4 Å². The monoisotopic (exact) mass is 369 g/mol. The minimum absolute atomic E-state index is 0.0381. The molecule has 2 heterocycles. The number of rotatable bonds is 5. The molecule has 1 aromatic heterocycles. The lowest BCUT2D eigenvalue weighted by molar-refractivity contribution is -0.140. The molecule has 1 aliphatic rings. The number of piperazine rings is 1. The van der Waals surface area contributed by atoms with Gasteiger partial charge < -0.3 is 19.1 Å². The average molecular weight is 369 g/mol. The molecule has 0 spiro atoms. The van der Waals surface area contributed by atoms with E-state index in [1.165, 1.54) is 18.1 Å². The Balaban J connectivity index is 1.53. The van der Waals surface area contributed by atoms with Crippen molar-refractivity contribution in [3.8, 4) is 0 Å². The van der Waals surface area contributed by atoms with Crippen LogP contribution in [0.1, 0.15) is 23.0 Å². The zero-order valence-corrected chi connectivity index (χ0v) is 15.3. The molecule has 1 fully saturated rings. The van der Waals surface area contributed by atoms with Crippen molar-refractivity contribution in [1.82, 2.24) is 14.7 Å². The van der Waals surface area contributed by atoms with Gasteiger partial charge in [0.2, 0.25) is 11.8 Å². The van der Waals surface area contributed by atoms with Crippen LogP contribution in [0.5, 0.6) is 0 Å². The molecule has 1 aliphatic heterocycles. The molecule has 0 saturated carbocycles. The maximum atomic E-state index is 12.6. The van der Waals surface area contributed by atoms with Crippen LogP contribution >= 0.6 is 0 Å². The van der Waals surface area contributed by atoms with E-state index in [0.29, 0.717) is 38.5 Å². The van der Waals surface area contributed by atoms with Crippen molar-refractivity contribution in [2.24, 2.45) is 0 Å². The third kappa shape index (κ3) is 4.75. The van der Waals surface area contributed by atoms with E-state index in [1.807, 2.05) is 30.3 Å². The Morgan fingerprint density at radius 2 is 1.63 bits per heavy atom. The van der Waals surface area contributed by atoms with E-state index in [-0.39, 0.29) is 24.3 Å². The fraction of sp³-hybridized carbons (Fsp3) is 0.350. The van der Waals surface area contributed by atoms with Crippen LogP contribution in [0.15, 0.2) is 53.1 Å². The first kappa shape index (κ1) is 18.7. The van der Waals surface area contributed by atoms with Crippen LogP contribution in [0, 0.1) is 0 Å². The molecule has 142 valence electrons. The fourth-order valence-electron chi connectivity index (χ4n) is 3.06. The molecule has 3 rings (SSSR count). The van der Waals surface area contributed by atoms with Crippen LogP contribution in [0.4, 0.5) is 0 Å². The van der Waals surface area contributed by atoms with Crippen LogP contribution in [0.2, 0.25) is 0 Å². The van der Waals surface area contributed by atoms with Gasteiger partial charge in [0.05, 0.1) is 6.26 Å². The molecule has 27 heavy (non-hydrogen) atoms. The quantitative estimate of drug-likeness (QED) is 0.803. The third-order valence-corrected chi connectivity index (χ3v) is 4.64. The van der Waals surface area contributed by atoms with E-state index >= 15 is 0 Å². The minimum atomic E-state index is -0.165. The Hall–Kier alpha value is -3.09. The molecule has 0 radical (unpaired) electrons. The van der Waals surface area contributed by atoms with Gasteiger partial charge in [-0.1, -0.05) is 30.3 Å². The van der Waals surface area contributed by atoms with Crippen molar-refractivity contribution >= 4 is 17.7 Å². The van der Waals surface area contributed by atoms with Gasteiger partial charge >= 0.3 is 0 Å². The zero-order chi connectivity index (χ0) is 19.2. The summed E-state index contributed by atoms with van der Waals surface area (Å²) in [5, 5.41) is 0. The second-order valence-electron chi connectivity index (χ2n) is 6.51. The highest BCUT2D eigenvalue weighted by molar-refractivity contribution is 5.91. The van der Waals surface area contributed by atoms with Crippen molar-refractivity contribution in [1.29, 1.82) is 0 Å². The highest BCUT2D eigenvalue weighted by atomic mass is 16.3. The smallest absolute Gasteiger partial charge is 0.289 e. The van der Waals surface area contributed by atoms with E-state index in [4.69, 9.17) is 4.42 Å². The van der Waals surface area contributed by atoms with Crippen molar-refractivity contribution in [3.05, 3.63) is 60.1 Å². The summed E-state index contributed by atoms with van der Waals surface area (Å²) in [7, 11) is 0. The fourth-order valence-corrected chi connectivity index (χ4v) is 3.06. The van der Waals surface area contributed by atoms with Gasteiger partial charge in [-0.2, -0.15) is 0 Å². The van der Waals surface area contributed by atoms with Crippen LogP contribution in [-0.2, 0) is 16.1 Å². The molecule has 0 bridgehead atoms. The number of carbonyl (C=O) groups is 3. The first-order chi connectivity index (χ1) is 13.0. The van der Waals surface area contributed by atoms with Crippen molar-refractivity contribution in [3.63, 3.8) is 0 Å². The number of hydrogen-bond acceptors (Lipinski definition) is 4. The second kappa shape index (κ2) is 8.53. The third-order valence-electron chi connectivity index (χ3n) is 4.64. The summed E-state index contributed by atoms with van der Waals surface area (Å²) < 4.78 is 5.14. The summed E-state index contributed by atoms with van der Waals surface area (Å²) in [4.78, 5) is 41.7. The van der Waals surface area contributed by atoms with Gasteiger partial charge in [0, 0.05) is 39.6 Å². The van der Waals surface area contributed by atoms with Crippen molar-refractivity contribution in [2.75, 3.05) is 32.7 Å². The van der Waals surface area contributed by atoms with Gasteiger partial charge in [0.25, 0.3) is 5.91 Å². The van der Waals surface area contributed by atoms with E-state index in [2.05, 4.69) is 0 Å². The number of amides is 3. The molecule has 0 aliphatic carbocycles. The Morgan fingerprint density at radius 3 is 2.22 bits per heavy atom. The lowest BCUT2D eigenvalue weighted by Gasteiger charge is -2.35. The highest BCUT2D eigenvalue weighted by Gasteiger charge is 2.27. The molecular weight excluding hydrogens is 346 g/mol. The van der Waals surface area contributed by atoms with Gasteiger partial charge in [-0.15, -0.1) is 0 Å². The van der Waals surface area contributed by atoms with Crippen LogP contribution in [-0.4, -0.2) is 65.1 Å². The van der Waals surface area contributed by atoms with Gasteiger partial charge in [-0.25, -0.2) is 0 Å². The predicted molar refractivity (Wildman–Crippen MR) is 98.7 cm³/mol. The Morgan fingerprint density at radius 1 is 0.963 bits per heavy atom. The molecule has 3 amide bonds. The van der Waals surface area contributed by atoms with Crippen LogP contribution < -0.4 is 0 Å².